The number of aliphatic hydroxyl groups is 4. The number of ether oxygens (including phenoxy) is 12. The van der Waals surface area contributed by atoms with Crippen LogP contribution in [0.3, 0.4) is 0 Å². The van der Waals surface area contributed by atoms with Crippen LogP contribution in [-0.4, -0.2) is 150 Å². The quantitative estimate of drug-likeness (QED) is 0.0379. The summed E-state index contributed by atoms with van der Waals surface area (Å²) in [4.78, 5) is 98.7. The second-order valence-electron chi connectivity index (χ2n) is 17.6. The number of hydrogen-bond acceptors (Lipinski definition) is 24. The van der Waals surface area contributed by atoms with Crippen molar-refractivity contribution in [2.75, 3.05) is 26.9 Å². The van der Waals surface area contributed by atoms with Crippen LogP contribution in [0.5, 0.6) is 28.7 Å². The zero-order valence-corrected chi connectivity index (χ0v) is 44.0. The first kappa shape index (κ1) is 61.3. The minimum Gasteiger partial charge on any atom is -0.493 e. The van der Waals surface area contributed by atoms with Gasteiger partial charge in [0, 0.05) is 52.0 Å². The van der Waals surface area contributed by atoms with E-state index in [2.05, 4.69) is 0 Å². The van der Waals surface area contributed by atoms with Crippen molar-refractivity contribution in [2.24, 2.45) is 0 Å². The van der Waals surface area contributed by atoms with Gasteiger partial charge in [0.2, 0.25) is 5.79 Å². The normalized spacial score (nSPS) is 22.5. The Morgan fingerprint density at radius 1 is 0.506 bits per heavy atom. The number of methoxy groups -OCH3 is 1. The molecule has 0 saturated carbocycles. The van der Waals surface area contributed by atoms with Crippen molar-refractivity contribution in [1.29, 1.82) is 0 Å². The molecule has 2 fully saturated rings. The number of rotatable bonds is 22. The van der Waals surface area contributed by atoms with E-state index in [0.717, 1.165) is 24.3 Å². The standard InChI is InChI=1S/C57H56O24/c1-32(59)73-40-17-6-36(7-18-40)13-24-47(63)72-30-46-52(68)55(79-50(66)27-15-38-10-21-42(22-11-38)75-34(3)61)57(31-58,80-46)81-56-53(69)54(78-49(65)26-14-37-8-19-41(20-9-37)74-33(2)60)51(67)45(77-56)29-71-48(64)25-16-39-12-23-43(76-35(4)62)44(28-39)70-5/h6-28,45-46,51-56,58,67-69H,29-31H2,1-5H3/b24-13+,25-16+,26-14+,27-15+/t45-,46-,51-,52-,53-,54+,55+,56-,57+/m1/s1. The number of aliphatic hydroxyl groups excluding tert-OH is 4. The third-order valence-corrected chi connectivity index (χ3v) is 11.4. The fraction of sp³-hybridized carbons (Fsp3) is 0.298. The van der Waals surface area contributed by atoms with Gasteiger partial charge in [-0.15, -0.1) is 0 Å². The maximum atomic E-state index is 13.5. The Kier molecular flexibility index (Phi) is 21.8. The van der Waals surface area contributed by atoms with Gasteiger partial charge in [0.05, 0.1) is 7.11 Å². The fourth-order valence-electron chi connectivity index (χ4n) is 7.76. The molecule has 9 atom stereocenters. The summed E-state index contributed by atoms with van der Waals surface area (Å²) in [5.74, 6) is -8.31. The zero-order valence-electron chi connectivity index (χ0n) is 44.0. The molecule has 4 aromatic carbocycles. The largest absolute Gasteiger partial charge is 0.493 e. The molecule has 81 heavy (non-hydrogen) atoms. The Hall–Kier alpha value is -8.88. The molecule has 4 aromatic rings. The van der Waals surface area contributed by atoms with Crippen LogP contribution < -0.4 is 23.7 Å². The van der Waals surface area contributed by atoms with E-state index in [1.54, 1.807) is 12.1 Å². The lowest BCUT2D eigenvalue weighted by atomic mass is 9.98. The molecule has 24 heteroatoms. The first-order chi connectivity index (χ1) is 38.6. The van der Waals surface area contributed by atoms with Crippen molar-refractivity contribution in [2.45, 2.75) is 82.5 Å². The van der Waals surface area contributed by atoms with Crippen LogP contribution in [0.1, 0.15) is 49.9 Å². The maximum absolute atomic E-state index is 13.5. The summed E-state index contributed by atoms with van der Waals surface area (Å²) in [5, 5.41) is 46.3. The molecule has 0 radical (unpaired) electrons. The van der Waals surface area contributed by atoms with E-state index >= 15 is 0 Å². The maximum Gasteiger partial charge on any atom is 0.331 e. The summed E-state index contributed by atoms with van der Waals surface area (Å²) in [7, 11) is 1.34. The monoisotopic (exact) mass is 1120 g/mol. The summed E-state index contributed by atoms with van der Waals surface area (Å²) in [5.41, 5.74) is 1.72. The van der Waals surface area contributed by atoms with Crippen LogP contribution >= 0.6 is 0 Å². The van der Waals surface area contributed by atoms with Crippen molar-refractivity contribution in [1.82, 2.24) is 0 Å². The van der Waals surface area contributed by atoms with Crippen LogP contribution in [0.15, 0.2) is 115 Å². The first-order valence-electron chi connectivity index (χ1n) is 24.5. The van der Waals surface area contributed by atoms with Gasteiger partial charge in [0.1, 0.15) is 67.6 Å². The first-order valence-corrected chi connectivity index (χ1v) is 24.5. The number of benzene rings is 4. The second-order valence-corrected chi connectivity index (χ2v) is 17.6. The molecule has 4 N–H and O–H groups in total. The van der Waals surface area contributed by atoms with Gasteiger partial charge in [-0.25, -0.2) is 19.2 Å². The lowest BCUT2D eigenvalue weighted by Gasteiger charge is -2.44. The van der Waals surface area contributed by atoms with Crippen LogP contribution in [-0.2, 0) is 71.5 Å². The van der Waals surface area contributed by atoms with Gasteiger partial charge in [-0.1, -0.05) is 42.5 Å². The molecule has 0 bridgehead atoms. The third kappa shape index (κ3) is 18.1. The molecule has 2 saturated heterocycles. The fourth-order valence-corrected chi connectivity index (χ4v) is 7.76. The number of hydrogen-bond donors (Lipinski definition) is 4. The Bertz CT molecular complexity index is 3020. The molecular formula is C57H56O24. The van der Waals surface area contributed by atoms with Gasteiger partial charge in [0.25, 0.3) is 0 Å². The van der Waals surface area contributed by atoms with Crippen molar-refractivity contribution < 1.29 is 116 Å². The van der Waals surface area contributed by atoms with Crippen molar-refractivity contribution in [3.8, 4) is 28.7 Å². The lowest BCUT2D eigenvalue weighted by Crippen LogP contribution is -2.64. The number of esters is 8. The Labute approximate surface area is 462 Å². The minimum absolute atomic E-state index is 0.113. The molecular weight excluding hydrogens is 1070 g/mol. The molecule has 2 aliphatic heterocycles. The summed E-state index contributed by atoms with van der Waals surface area (Å²) in [6, 6.07) is 22.3. The second kappa shape index (κ2) is 28.8. The molecule has 0 aromatic heterocycles. The predicted octanol–water partition coefficient (Wildman–Crippen LogP) is 3.37. The van der Waals surface area contributed by atoms with E-state index < -0.39 is 122 Å². The molecule has 24 nitrogen and oxygen atoms in total. The van der Waals surface area contributed by atoms with Gasteiger partial charge < -0.3 is 77.3 Å². The summed E-state index contributed by atoms with van der Waals surface area (Å²) < 4.78 is 65.4. The van der Waals surface area contributed by atoms with Gasteiger partial charge in [-0.3, -0.25) is 19.2 Å². The van der Waals surface area contributed by atoms with Crippen molar-refractivity contribution in [3.05, 3.63) is 138 Å². The topological polar surface area (TPSA) is 328 Å². The van der Waals surface area contributed by atoms with Gasteiger partial charge >= 0.3 is 47.8 Å². The molecule has 0 spiro atoms. The Morgan fingerprint density at radius 3 is 1.37 bits per heavy atom. The molecule has 6 rings (SSSR count). The highest BCUT2D eigenvalue weighted by Gasteiger charge is 2.61. The highest BCUT2D eigenvalue weighted by molar-refractivity contribution is 5.89. The molecule has 2 heterocycles. The van der Waals surface area contributed by atoms with E-state index in [0.29, 0.717) is 22.3 Å². The highest BCUT2D eigenvalue weighted by atomic mass is 16.8. The van der Waals surface area contributed by atoms with Gasteiger partial charge in [-0.05, 0) is 95.1 Å². The van der Waals surface area contributed by atoms with Crippen LogP contribution in [0.2, 0.25) is 0 Å². The molecule has 0 aliphatic carbocycles. The average molecular weight is 1130 g/mol. The SMILES string of the molecule is COc1cc(/C=C/C(=O)OC[C@H]2O[C@H](O[C@]3(CO)O[C@H](COC(=O)/C=C/c4ccc(OC(C)=O)cc4)[C@@H](O)[C@@H]3OC(=O)/C=C/c3ccc(OC(C)=O)cc3)[C@H](O)[C@@H](OC(=O)/C=C/c3ccc(OC(C)=O)cc3)[C@@H]2O)ccc1OC(C)=O. The van der Waals surface area contributed by atoms with Gasteiger partial charge in [-0.2, -0.15) is 0 Å². The number of carbonyl (C=O) groups is 8. The van der Waals surface area contributed by atoms with E-state index in [-0.39, 0.29) is 28.7 Å². The lowest BCUT2D eigenvalue weighted by molar-refractivity contribution is -0.383. The van der Waals surface area contributed by atoms with E-state index in [9.17, 15) is 58.8 Å². The third-order valence-electron chi connectivity index (χ3n) is 11.4. The van der Waals surface area contributed by atoms with Crippen molar-refractivity contribution in [3.63, 3.8) is 0 Å². The number of carbonyl (C=O) groups excluding carboxylic acids is 8. The molecule has 2 aliphatic rings. The van der Waals surface area contributed by atoms with Crippen molar-refractivity contribution >= 4 is 72.1 Å². The van der Waals surface area contributed by atoms with E-state index in [1.807, 2.05) is 0 Å². The Morgan fingerprint density at radius 2 is 0.926 bits per heavy atom. The molecule has 428 valence electrons. The van der Waals surface area contributed by atoms with E-state index in [1.165, 1.54) is 138 Å². The smallest absolute Gasteiger partial charge is 0.331 e. The summed E-state index contributed by atoms with van der Waals surface area (Å²) in [6.07, 6.45) is -6.65. The van der Waals surface area contributed by atoms with Gasteiger partial charge in [0.15, 0.2) is 30.0 Å². The van der Waals surface area contributed by atoms with Crippen LogP contribution in [0.4, 0.5) is 0 Å². The van der Waals surface area contributed by atoms with Crippen LogP contribution in [0.25, 0.3) is 24.3 Å². The summed E-state index contributed by atoms with van der Waals surface area (Å²) in [6.45, 7) is 1.96. The average Bonchev–Trinajstić information content (AvgIpc) is 3.68. The highest BCUT2D eigenvalue weighted by Crippen LogP contribution is 2.39. The zero-order chi connectivity index (χ0) is 58.8. The van der Waals surface area contributed by atoms with E-state index in [4.69, 9.17) is 56.8 Å². The molecule has 0 unspecified atom stereocenters. The molecule has 0 amide bonds. The predicted molar refractivity (Wildman–Crippen MR) is 278 cm³/mol. The Balaban J connectivity index is 1.26. The summed E-state index contributed by atoms with van der Waals surface area (Å²) >= 11 is 0. The van der Waals surface area contributed by atoms with Crippen LogP contribution in [0, 0.1) is 0 Å². The minimum atomic E-state index is -2.73.